The predicted octanol–water partition coefficient (Wildman–Crippen LogP) is 2.66. The van der Waals surface area contributed by atoms with E-state index in [0.29, 0.717) is 16.4 Å². The molecule has 0 unspecified atom stereocenters. The first kappa shape index (κ1) is 16.0. The largest absolute Gasteiger partial charge is 0.494 e. The van der Waals surface area contributed by atoms with Gasteiger partial charge in [-0.25, -0.2) is 4.98 Å². The number of nitrogens with zero attached hydrogens (tertiary/aromatic N) is 1. The minimum atomic E-state index is -0.350. The molecule has 7 nitrogen and oxygen atoms in total. The molecule has 0 atom stereocenters. The summed E-state index contributed by atoms with van der Waals surface area (Å²) in [5.74, 6) is 0.300. The number of thiazole rings is 1. The van der Waals surface area contributed by atoms with Crippen molar-refractivity contribution in [2.24, 2.45) is 0 Å². The summed E-state index contributed by atoms with van der Waals surface area (Å²) in [7, 11) is 1.58. The lowest BCUT2D eigenvalue weighted by atomic mass is 10.3. The molecule has 3 aromatic rings. The molecule has 2 aromatic heterocycles. The molecule has 124 valence electrons. The monoisotopic (exact) mass is 345 g/mol. The van der Waals surface area contributed by atoms with E-state index in [1.165, 1.54) is 17.6 Å². The number of ether oxygens (including phenoxy) is 1. The van der Waals surface area contributed by atoms with Crippen molar-refractivity contribution in [3.8, 4) is 5.75 Å². The number of furan rings is 1. The third-order valence-corrected chi connectivity index (χ3v) is 4.17. The van der Waals surface area contributed by atoms with E-state index in [-0.39, 0.29) is 30.5 Å². The van der Waals surface area contributed by atoms with Gasteiger partial charge in [0.25, 0.3) is 5.91 Å². The molecule has 0 bridgehead atoms. The zero-order valence-corrected chi connectivity index (χ0v) is 13.7. The van der Waals surface area contributed by atoms with Crippen molar-refractivity contribution in [2.45, 2.75) is 6.42 Å². The second-order valence-electron chi connectivity index (χ2n) is 4.86. The number of rotatable bonds is 6. The Hall–Kier alpha value is -2.87. The van der Waals surface area contributed by atoms with Crippen LogP contribution in [0.3, 0.4) is 0 Å². The highest BCUT2D eigenvalue weighted by atomic mass is 32.1. The van der Waals surface area contributed by atoms with E-state index in [4.69, 9.17) is 9.15 Å². The maximum Gasteiger partial charge on any atom is 0.286 e. The number of carbonyl (C=O) groups is 2. The Bertz CT molecular complexity index is 857. The summed E-state index contributed by atoms with van der Waals surface area (Å²) in [5.41, 5.74) is 0.714. The summed E-state index contributed by atoms with van der Waals surface area (Å²) in [4.78, 5) is 28.0. The van der Waals surface area contributed by atoms with E-state index in [1.807, 2.05) is 18.2 Å². The molecule has 0 saturated heterocycles. The summed E-state index contributed by atoms with van der Waals surface area (Å²) in [6, 6.07) is 8.79. The maximum atomic E-state index is 12.0. The Balaban J connectivity index is 1.54. The van der Waals surface area contributed by atoms with Crippen LogP contribution in [0.4, 0.5) is 5.13 Å². The molecule has 1 aromatic carbocycles. The fourth-order valence-electron chi connectivity index (χ4n) is 2.11. The van der Waals surface area contributed by atoms with Crippen molar-refractivity contribution < 1.29 is 18.7 Å². The molecule has 0 aliphatic rings. The molecule has 3 rings (SSSR count). The molecule has 0 aliphatic heterocycles. The molecule has 0 aliphatic carbocycles. The molecule has 2 amide bonds. The SMILES string of the molecule is COc1cccc2sc(NC(=O)CCNC(=O)c3ccco3)nc12. The second-order valence-corrected chi connectivity index (χ2v) is 5.89. The van der Waals surface area contributed by atoms with Gasteiger partial charge in [-0.2, -0.15) is 0 Å². The minimum Gasteiger partial charge on any atom is -0.494 e. The van der Waals surface area contributed by atoms with Gasteiger partial charge in [-0.3, -0.25) is 9.59 Å². The molecular weight excluding hydrogens is 330 g/mol. The van der Waals surface area contributed by atoms with Crippen LogP contribution < -0.4 is 15.4 Å². The van der Waals surface area contributed by atoms with Crippen molar-refractivity contribution >= 4 is 38.5 Å². The quantitative estimate of drug-likeness (QED) is 0.716. The summed E-state index contributed by atoms with van der Waals surface area (Å²) < 4.78 is 11.1. The molecule has 24 heavy (non-hydrogen) atoms. The van der Waals surface area contributed by atoms with Gasteiger partial charge in [0.2, 0.25) is 5.91 Å². The Morgan fingerprint density at radius 3 is 2.92 bits per heavy atom. The van der Waals surface area contributed by atoms with E-state index in [9.17, 15) is 9.59 Å². The lowest BCUT2D eigenvalue weighted by Crippen LogP contribution is -2.27. The second kappa shape index (κ2) is 7.14. The van der Waals surface area contributed by atoms with Crippen LogP contribution >= 0.6 is 11.3 Å². The summed E-state index contributed by atoms with van der Waals surface area (Å²) in [6.07, 6.45) is 1.56. The average molecular weight is 345 g/mol. The molecule has 8 heteroatoms. The van der Waals surface area contributed by atoms with E-state index in [1.54, 1.807) is 19.2 Å². The van der Waals surface area contributed by atoms with Crippen molar-refractivity contribution in [3.63, 3.8) is 0 Å². The van der Waals surface area contributed by atoms with Crippen LogP contribution in [0, 0.1) is 0 Å². The number of hydrogen-bond acceptors (Lipinski definition) is 6. The number of nitrogens with one attached hydrogen (secondary N) is 2. The Labute approximate surface area is 141 Å². The van der Waals surface area contributed by atoms with Gasteiger partial charge in [0.1, 0.15) is 11.3 Å². The topological polar surface area (TPSA) is 93.5 Å². The van der Waals surface area contributed by atoms with Crippen molar-refractivity contribution in [2.75, 3.05) is 19.0 Å². The first-order valence-electron chi connectivity index (χ1n) is 7.22. The van der Waals surface area contributed by atoms with Crippen LogP contribution in [0.5, 0.6) is 5.75 Å². The predicted molar refractivity (Wildman–Crippen MR) is 90.5 cm³/mol. The van der Waals surface area contributed by atoms with E-state index < -0.39 is 0 Å². The molecule has 0 saturated carbocycles. The number of carbonyl (C=O) groups excluding carboxylic acids is 2. The number of anilines is 1. The number of methoxy groups -OCH3 is 1. The van der Waals surface area contributed by atoms with Gasteiger partial charge < -0.3 is 19.8 Å². The Morgan fingerprint density at radius 1 is 1.29 bits per heavy atom. The zero-order chi connectivity index (χ0) is 16.9. The fourth-order valence-corrected chi connectivity index (χ4v) is 3.01. The van der Waals surface area contributed by atoms with Crippen LogP contribution in [0.25, 0.3) is 10.2 Å². The minimum absolute atomic E-state index is 0.138. The third kappa shape index (κ3) is 3.54. The highest BCUT2D eigenvalue weighted by Gasteiger charge is 2.12. The number of aromatic nitrogens is 1. The lowest BCUT2D eigenvalue weighted by Gasteiger charge is -2.03. The van der Waals surface area contributed by atoms with Gasteiger partial charge in [-0.1, -0.05) is 17.4 Å². The molecule has 2 heterocycles. The number of benzene rings is 1. The number of fused-ring (bicyclic) bond motifs is 1. The van der Waals surface area contributed by atoms with Crippen LogP contribution in [0.1, 0.15) is 17.0 Å². The van der Waals surface area contributed by atoms with Crippen molar-refractivity contribution in [3.05, 3.63) is 42.4 Å². The zero-order valence-electron chi connectivity index (χ0n) is 12.9. The van der Waals surface area contributed by atoms with Gasteiger partial charge in [-0.05, 0) is 24.3 Å². The first-order chi connectivity index (χ1) is 11.7. The van der Waals surface area contributed by atoms with Gasteiger partial charge in [-0.15, -0.1) is 0 Å². The molecule has 0 radical (unpaired) electrons. The Morgan fingerprint density at radius 2 is 2.17 bits per heavy atom. The summed E-state index contributed by atoms with van der Waals surface area (Å²) >= 11 is 1.37. The normalized spacial score (nSPS) is 10.5. The van der Waals surface area contributed by atoms with Crippen molar-refractivity contribution in [1.82, 2.24) is 10.3 Å². The first-order valence-corrected chi connectivity index (χ1v) is 8.04. The van der Waals surface area contributed by atoms with Crippen LogP contribution in [-0.4, -0.2) is 30.5 Å². The standard InChI is InChI=1S/C16H15N3O4S/c1-22-10-4-2-6-12-14(10)19-16(24-12)18-13(20)7-8-17-15(21)11-5-3-9-23-11/h2-6,9H,7-8H2,1H3,(H,17,21)(H,18,19,20). The highest BCUT2D eigenvalue weighted by molar-refractivity contribution is 7.22. The Kier molecular flexibility index (Phi) is 4.76. The number of hydrogen-bond donors (Lipinski definition) is 2. The maximum absolute atomic E-state index is 12.0. The average Bonchev–Trinajstić information content (AvgIpc) is 3.23. The third-order valence-electron chi connectivity index (χ3n) is 3.23. The van der Waals surface area contributed by atoms with Gasteiger partial charge >= 0.3 is 0 Å². The number of para-hydroxylation sites is 1. The molecule has 2 N–H and O–H groups in total. The lowest BCUT2D eigenvalue weighted by molar-refractivity contribution is -0.116. The van der Waals surface area contributed by atoms with Crippen LogP contribution in [-0.2, 0) is 4.79 Å². The summed E-state index contributed by atoms with van der Waals surface area (Å²) in [6.45, 7) is 0.208. The van der Waals surface area contributed by atoms with Crippen molar-refractivity contribution in [1.29, 1.82) is 0 Å². The number of amides is 2. The van der Waals surface area contributed by atoms with E-state index in [2.05, 4.69) is 15.6 Å². The van der Waals surface area contributed by atoms with E-state index >= 15 is 0 Å². The molecule has 0 spiro atoms. The van der Waals surface area contributed by atoms with Crippen LogP contribution in [0.15, 0.2) is 41.0 Å². The summed E-state index contributed by atoms with van der Waals surface area (Å²) in [5, 5.41) is 5.84. The van der Waals surface area contributed by atoms with E-state index in [0.717, 1.165) is 4.70 Å². The van der Waals surface area contributed by atoms with Gasteiger partial charge in [0.05, 0.1) is 18.1 Å². The molecule has 0 fully saturated rings. The fraction of sp³-hybridized carbons (Fsp3) is 0.188. The highest BCUT2D eigenvalue weighted by Crippen LogP contribution is 2.31. The van der Waals surface area contributed by atoms with Crippen LogP contribution in [0.2, 0.25) is 0 Å². The van der Waals surface area contributed by atoms with Gasteiger partial charge in [0, 0.05) is 13.0 Å². The smallest absolute Gasteiger partial charge is 0.286 e. The van der Waals surface area contributed by atoms with Gasteiger partial charge in [0.15, 0.2) is 10.9 Å². The molecular formula is C16H15N3O4S.